The van der Waals surface area contributed by atoms with Crippen molar-refractivity contribution in [2.75, 3.05) is 18.0 Å². The van der Waals surface area contributed by atoms with Crippen LogP contribution in [0.15, 0.2) is 18.5 Å². The van der Waals surface area contributed by atoms with Crippen LogP contribution >= 0.6 is 0 Å². The smallest absolute Gasteiger partial charge is 0.369 e. The molecular weight excluding hydrogens is 243 g/mol. The number of rotatable bonds is 1. The van der Waals surface area contributed by atoms with Gasteiger partial charge in [-0.3, -0.25) is 4.98 Å². The fraction of sp³-hybridized carbons (Fsp3) is 0.500. The third-order valence-electron chi connectivity index (χ3n) is 3.15. The number of halogens is 3. The van der Waals surface area contributed by atoms with Crippen molar-refractivity contribution >= 4 is 5.69 Å². The van der Waals surface area contributed by atoms with Gasteiger partial charge in [0.15, 0.2) is 0 Å². The fourth-order valence-electron chi connectivity index (χ4n) is 2.20. The van der Waals surface area contributed by atoms with Gasteiger partial charge in [0.05, 0.1) is 23.4 Å². The highest BCUT2D eigenvalue weighted by Crippen LogP contribution is 2.35. The van der Waals surface area contributed by atoms with Crippen molar-refractivity contribution in [3.63, 3.8) is 0 Å². The summed E-state index contributed by atoms with van der Waals surface area (Å²) >= 11 is 0. The first-order chi connectivity index (χ1) is 8.52. The molecule has 1 aliphatic heterocycles. The van der Waals surface area contributed by atoms with Gasteiger partial charge in [0.1, 0.15) is 6.07 Å². The minimum Gasteiger partial charge on any atom is -0.369 e. The second kappa shape index (κ2) is 4.84. The summed E-state index contributed by atoms with van der Waals surface area (Å²) in [6, 6.07) is 3.50. The summed E-state index contributed by atoms with van der Waals surface area (Å²) in [6.45, 7) is 0.441. The van der Waals surface area contributed by atoms with Gasteiger partial charge in [0.25, 0.3) is 0 Å². The summed E-state index contributed by atoms with van der Waals surface area (Å²) in [6.07, 6.45) is -0.621. The maximum atomic E-state index is 12.7. The lowest BCUT2D eigenvalue weighted by Gasteiger charge is -2.35. The van der Waals surface area contributed by atoms with E-state index >= 15 is 0 Å². The molecule has 1 atom stereocenters. The van der Waals surface area contributed by atoms with E-state index in [0.717, 1.165) is 0 Å². The van der Waals surface area contributed by atoms with E-state index in [4.69, 9.17) is 5.26 Å². The molecule has 0 N–H and O–H groups in total. The van der Waals surface area contributed by atoms with Gasteiger partial charge in [0.2, 0.25) is 0 Å². The van der Waals surface area contributed by atoms with Crippen LogP contribution in [-0.2, 0) is 0 Å². The van der Waals surface area contributed by atoms with Crippen LogP contribution in [0.1, 0.15) is 18.4 Å². The zero-order valence-electron chi connectivity index (χ0n) is 9.61. The van der Waals surface area contributed by atoms with E-state index in [0.29, 0.717) is 24.2 Å². The van der Waals surface area contributed by atoms with Gasteiger partial charge in [-0.05, 0) is 18.9 Å². The molecule has 0 amide bonds. The van der Waals surface area contributed by atoms with Gasteiger partial charge in [-0.1, -0.05) is 0 Å². The molecule has 0 radical (unpaired) electrons. The first-order valence-corrected chi connectivity index (χ1v) is 5.68. The predicted octanol–water partition coefficient (Wildman–Crippen LogP) is 2.73. The van der Waals surface area contributed by atoms with E-state index in [2.05, 4.69) is 4.98 Å². The number of hydrogen-bond donors (Lipinski definition) is 0. The van der Waals surface area contributed by atoms with Crippen molar-refractivity contribution in [2.45, 2.75) is 19.0 Å². The van der Waals surface area contributed by atoms with Gasteiger partial charge in [0, 0.05) is 19.3 Å². The van der Waals surface area contributed by atoms with E-state index in [1.165, 1.54) is 18.5 Å². The molecule has 1 aromatic rings. The molecule has 0 aliphatic carbocycles. The maximum absolute atomic E-state index is 12.7. The van der Waals surface area contributed by atoms with Crippen LogP contribution in [0.25, 0.3) is 0 Å². The normalized spacial score (nSPS) is 20.6. The lowest BCUT2D eigenvalue weighted by molar-refractivity contribution is -0.175. The van der Waals surface area contributed by atoms with Crippen molar-refractivity contribution in [2.24, 2.45) is 5.92 Å². The van der Waals surface area contributed by atoms with Crippen LogP contribution in [0.3, 0.4) is 0 Å². The fourth-order valence-corrected chi connectivity index (χ4v) is 2.20. The van der Waals surface area contributed by atoms with Gasteiger partial charge in [-0.15, -0.1) is 0 Å². The highest BCUT2D eigenvalue weighted by Gasteiger charge is 2.42. The highest BCUT2D eigenvalue weighted by molar-refractivity contribution is 5.57. The molecule has 1 unspecified atom stereocenters. The zero-order chi connectivity index (χ0) is 13.2. The molecule has 6 heteroatoms. The van der Waals surface area contributed by atoms with Crippen LogP contribution in [-0.4, -0.2) is 24.2 Å². The van der Waals surface area contributed by atoms with Gasteiger partial charge in [-0.2, -0.15) is 18.4 Å². The minimum absolute atomic E-state index is 0.0934. The van der Waals surface area contributed by atoms with Crippen molar-refractivity contribution < 1.29 is 13.2 Å². The Bertz CT molecular complexity index is 464. The highest BCUT2D eigenvalue weighted by atomic mass is 19.4. The monoisotopic (exact) mass is 255 g/mol. The Labute approximate surface area is 103 Å². The standard InChI is InChI=1S/C12H12F3N3/c13-12(14,15)10-2-1-5-18(8-10)11-7-17-4-3-9(11)6-16/h3-4,7,10H,1-2,5,8H2. The van der Waals surface area contributed by atoms with E-state index < -0.39 is 12.1 Å². The third kappa shape index (κ3) is 2.55. The van der Waals surface area contributed by atoms with Crippen LogP contribution in [0.4, 0.5) is 18.9 Å². The average Bonchev–Trinajstić information content (AvgIpc) is 2.38. The van der Waals surface area contributed by atoms with Crippen molar-refractivity contribution in [3.8, 4) is 6.07 Å². The van der Waals surface area contributed by atoms with Crippen molar-refractivity contribution in [1.29, 1.82) is 5.26 Å². The largest absolute Gasteiger partial charge is 0.393 e. The number of alkyl halides is 3. The Morgan fingerprint density at radius 1 is 1.44 bits per heavy atom. The zero-order valence-corrected chi connectivity index (χ0v) is 9.61. The average molecular weight is 255 g/mol. The van der Waals surface area contributed by atoms with E-state index in [-0.39, 0.29) is 13.0 Å². The molecule has 0 saturated carbocycles. The molecule has 2 heterocycles. The molecule has 0 spiro atoms. The van der Waals surface area contributed by atoms with Crippen LogP contribution < -0.4 is 4.90 Å². The minimum atomic E-state index is -4.17. The lowest BCUT2D eigenvalue weighted by Crippen LogP contribution is -2.42. The molecule has 1 saturated heterocycles. The number of nitriles is 1. The molecule has 2 rings (SSSR count). The number of nitrogens with zero attached hydrogens (tertiary/aromatic N) is 3. The van der Waals surface area contributed by atoms with Gasteiger partial charge >= 0.3 is 6.18 Å². The van der Waals surface area contributed by atoms with Crippen LogP contribution in [0.5, 0.6) is 0 Å². The molecule has 1 aliphatic rings. The Kier molecular flexibility index (Phi) is 3.41. The number of pyridine rings is 1. The van der Waals surface area contributed by atoms with Crippen LogP contribution in [0.2, 0.25) is 0 Å². The van der Waals surface area contributed by atoms with Crippen molar-refractivity contribution in [3.05, 3.63) is 24.0 Å². The Balaban J connectivity index is 2.21. The summed E-state index contributed by atoms with van der Waals surface area (Å²) in [5.41, 5.74) is 0.863. The van der Waals surface area contributed by atoms with E-state index in [1.54, 1.807) is 4.90 Å². The summed E-state index contributed by atoms with van der Waals surface area (Å²) in [5.74, 6) is -1.32. The molecule has 0 bridgehead atoms. The molecule has 1 fully saturated rings. The van der Waals surface area contributed by atoms with Gasteiger partial charge in [-0.25, -0.2) is 0 Å². The molecule has 0 aromatic carbocycles. The summed E-state index contributed by atoms with van der Waals surface area (Å²) in [7, 11) is 0. The Morgan fingerprint density at radius 2 is 2.22 bits per heavy atom. The second-order valence-corrected chi connectivity index (χ2v) is 4.33. The maximum Gasteiger partial charge on any atom is 0.393 e. The van der Waals surface area contributed by atoms with Gasteiger partial charge < -0.3 is 4.90 Å². The topological polar surface area (TPSA) is 39.9 Å². The molecule has 18 heavy (non-hydrogen) atoms. The number of anilines is 1. The Hall–Kier alpha value is -1.77. The third-order valence-corrected chi connectivity index (χ3v) is 3.15. The van der Waals surface area contributed by atoms with E-state index in [9.17, 15) is 13.2 Å². The summed E-state index contributed by atoms with van der Waals surface area (Å²) in [4.78, 5) is 5.49. The number of aromatic nitrogens is 1. The van der Waals surface area contributed by atoms with Crippen LogP contribution in [0, 0.1) is 17.2 Å². The predicted molar refractivity (Wildman–Crippen MR) is 59.9 cm³/mol. The molecular formula is C12H12F3N3. The lowest BCUT2D eigenvalue weighted by atomic mass is 9.97. The molecule has 96 valence electrons. The Morgan fingerprint density at radius 3 is 2.89 bits per heavy atom. The number of piperidine rings is 1. The summed E-state index contributed by atoms with van der Waals surface area (Å²) in [5, 5.41) is 8.95. The quantitative estimate of drug-likeness (QED) is 0.774. The summed E-state index contributed by atoms with van der Waals surface area (Å²) < 4.78 is 38.1. The first-order valence-electron chi connectivity index (χ1n) is 5.68. The first kappa shape index (κ1) is 12.7. The second-order valence-electron chi connectivity index (χ2n) is 4.33. The SMILES string of the molecule is N#Cc1ccncc1N1CCCC(C(F)(F)F)C1. The molecule has 3 nitrogen and oxygen atoms in total. The number of hydrogen-bond acceptors (Lipinski definition) is 3. The molecule has 1 aromatic heterocycles. The van der Waals surface area contributed by atoms with Crippen molar-refractivity contribution in [1.82, 2.24) is 4.98 Å². The van der Waals surface area contributed by atoms with E-state index in [1.807, 2.05) is 6.07 Å².